The summed E-state index contributed by atoms with van der Waals surface area (Å²) >= 11 is 0. The SMILES string of the molecule is CC(C)(C)[Si](C)(C)Oc1cccc(N)c1C(F)(F)F. The summed E-state index contributed by atoms with van der Waals surface area (Å²) in [7, 11) is -2.33. The maximum absolute atomic E-state index is 13.0. The smallest absolute Gasteiger partial charge is 0.421 e. The molecule has 1 rings (SSSR count). The quantitative estimate of drug-likeness (QED) is 0.634. The van der Waals surface area contributed by atoms with Crippen molar-refractivity contribution < 1.29 is 17.6 Å². The van der Waals surface area contributed by atoms with Crippen LogP contribution < -0.4 is 10.2 Å². The lowest BCUT2D eigenvalue weighted by atomic mass is 10.1. The Kier molecular flexibility index (Phi) is 3.96. The Bertz CT molecular complexity index is 464. The molecule has 0 unspecified atom stereocenters. The van der Waals surface area contributed by atoms with Gasteiger partial charge >= 0.3 is 6.18 Å². The number of halogens is 3. The fourth-order valence-electron chi connectivity index (χ4n) is 1.36. The van der Waals surface area contributed by atoms with E-state index in [0.29, 0.717) is 0 Å². The molecule has 0 saturated carbocycles. The third kappa shape index (κ3) is 3.43. The lowest BCUT2D eigenvalue weighted by Crippen LogP contribution is -2.44. The highest BCUT2D eigenvalue weighted by Gasteiger charge is 2.42. The minimum atomic E-state index is -4.51. The van der Waals surface area contributed by atoms with Gasteiger partial charge in [0.15, 0.2) is 0 Å². The van der Waals surface area contributed by atoms with Crippen LogP contribution in [0.15, 0.2) is 18.2 Å². The zero-order valence-corrected chi connectivity index (χ0v) is 12.9. The van der Waals surface area contributed by atoms with Crippen molar-refractivity contribution in [2.24, 2.45) is 0 Å². The van der Waals surface area contributed by atoms with Crippen LogP contribution in [0.3, 0.4) is 0 Å². The van der Waals surface area contributed by atoms with Gasteiger partial charge in [-0.3, -0.25) is 0 Å². The largest absolute Gasteiger partial charge is 0.543 e. The second kappa shape index (κ2) is 4.74. The van der Waals surface area contributed by atoms with Crippen molar-refractivity contribution in [3.8, 4) is 5.75 Å². The van der Waals surface area contributed by atoms with Crippen LogP contribution in [-0.2, 0) is 6.18 Å². The molecule has 0 aliphatic carbocycles. The fourth-order valence-corrected chi connectivity index (χ4v) is 2.39. The van der Waals surface area contributed by atoms with Crippen LogP contribution in [0.1, 0.15) is 26.3 Å². The van der Waals surface area contributed by atoms with E-state index in [9.17, 15) is 13.2 Å². The van der Waals surface area contributed by atoms with E-state index in [2.05, 4.69) is 0 Å². The van der Waals surface area contributed by atoms with Crippen molar-refractivity contribution >= 4 is 14.0 Å². The van der Waals surface area contributed by atoms with E-state index in [1.54, 1.807) is 0 Å². The molecule has 0 amide bonds. The number of nitrogen functional groups attached to an aromatic ring is 1. The summed E-state index contributed by atoms with van der Waals surface area (Å²) in [6, 6.07) is 4.05. The van der Waals surface area contributed by atoms with Crippen LogP contribution in [0.25, 0.3) is 0 Å². The molecule has 0 heterocycles. The Morgan fingerprint density at radius 1 is 1.11 bits per heavy atom. The van der Waals surface area contributed by atoms with E-state index in [-0.39, 0.29) is 16.5 Å². The highest BCUT2D eigenvalue weighted by Crippen LogP contribution is 2.44. The van der Waals surface area contributed by atoms with E-state index in [0.717, 1.165) is 0 Å². The molecule has 1 aromatic carbocycles. The Labute approximate surface area is 112 Å². The van der Waals surface area contributed by atoms with Gasteiger partial charge in [-0.1, -0.05) is 26.8 Å². The molecular weight excluding hydrogens is 271 g/mol. The summed E-state index contributed by atoms with van der Waals surface area (Å²) in [4.78, 5) is 0. The average molecular weight is 291 g/mol. The summed E-state index contributed by atoms with van der Waals surface area (Å²) in [5.41, 5.74) is 4.27. The standard InChI is InChI=1S/C13H20F3NOSi/c1-12(2,3)19(4,5)18-10-8-6-7-9(17)11(10)13(14,15)16/h6-8H,17H2,1-5H3. The second-order valence-electron chi connectivity index (χ2n) is 6.08. The normalized spacial score (nSPS) is 13.5. The van der Waals surface area contributed by atoms with Crippen molar-refractivity contribution in [3.05, 3.63) is 23.8 Å². The molecule has 0 saturated heterocycles. The fraction of sp³-hybridized carbons (Fsp3) is 0.538. The maximum atomic E-state index is 13.0. The molecule has 0 bridgehead atoms. The molecule has 2 N–H and O–H groups in total. The summed E-state index contributed by atoms with van der Waals surface area (Å²) in [6.07, 6.45) is -4.51. The third-order valence-corrected chi connectivity index (χ3v) is 7.86. The molecule has 2 nitrogen and oxygen atoms in total. The number of nitrogens with two attached hydrogens (primary N) is 1. The lowest BCUT2D eigenvalue weighted by molar-refractivity contribution is -0.137. The number of rotatable bonds is 2. The van der Waals surface area contributed by atoms with Gasteiger partial charge in [-0.05, 0) is 30.3 Å². The van der Waals surface area contributed by atoms with E-state index < -0.39 is 20.1 Å². The molecule has 0 atom stereocenters. The van der Waals surface area contributed by atoms with Crippen LogP contribution >= 0.6 is 0 Å². The number of hydrogen-bond acceptors (Lipinski definition) is 2. The monoisotopic (exact) mass is 291 g/mol. The van der Waals surface area contributed by atoms with Gasteiger partial charge in [0.25, 0.3) is 0 Å². The van der Waals surface area contributed by atoms with Crippen LogP contribution in [-0.4, -0.2) is 8.32 Å². The number of alkyl halides is 3. The Morgan fingerprint density at radius 2 is 1.63 bits per heavy atom. The first kappa shape index (κ1) is 15.9. The first-order valence-corrected chi connectivity index (χ1v) is 8.92. The molecule has 108 valence electrons. The van der Waals surface area contributed by atoms with E-state index in [1.807, 2.05) is 33.9 Å². The maximum Gasteiger partial charge on any atom is 0.421 e. The first-order chi connectivity index (χ1) is 8.36. The van der Waals surface area contributed by atoms with Crippen molar-refractivity contribution in [2.75, 3.05) is 5.73 Å². The van der Waals surface area contributed by atoms with Crippen molar-refractivity contribution in [2.45, 2.75) is 45.1 Å². The predicted molar refractivity (Wildman–Crippen MR) is 73.7 cm³/mol. The molecule has 0 fully saturated rings. The molecule has 0 aromatic heterocycles. The van der Waals surface area contributed by atoms with Gasteiger partial charge in [0.2, 0.25) is 8.32 Å². The minimum Gasteiger partial charge on any atom is -0.543 e. The molecule has 0 radical (unpaired) electrons. The third-order valence-electron chi connectivity index (χ3n) is 3.51. The van der Waals surface area contributed by atoms with E-state index in [1.165, 1.54) is 18.2 Å². The molecule has 6 heteroatoms. The molecule has 0 aliphatic heterocycles. The molecule has 19 heavy (non-hydrogen) atoms. The Morgan fingerprint density at radius 3 is 2.05 bits per heavy atom. The van der Waals surface area contributed by atoms with Crippen molar-refractivity contribution in [3.63, 3.8) is 0 Å². The van der Waals surface area contributed by atoms with Crippen LogP contribution in [0.4, 0.5) is 18.9 Å². The van der Waals surface area contributed by atoms with Gasteiger partial charge in [0.05, 0.1) is 0 Å². The summed E-state index contributed by atoms with van der Waals surface area (Å²) in [5, 5.41) is -0.180. The molecule has 1 aromatic rings. The van der Waals surface area contributed by atoms with Gasteiger partial charge < -0.3 is 10.2 Å². The highest BCUT2D eigenvalue weighted by atomic mass is 28.4. The topological polar surface area (TPSA) is 35.2 Å². The van der Waals surface area contributed by atoms with Gasteiger partial charge in [0.1, 0.15) is 11.3 Å². The van der Waals surface area contributed by atoms with Gasteiger partial charge in [-0.2, -0.15) is 13.2 Å². The van der Waals surface area contributed by atoms with Crippen LogP contribution in [0.5, 0.6) is 5.75 Å². The van der Waals surface area contributed by atoms with Gasteiger partial charge in [-0.25, -0.2) is 0 Å². The lowest BCUT2D eigenvalue weighted by Gasteiger charge is -2.37. The minimum absolute atomic E-state index is 0.168. The summed E-state index contributed by atoms with van der Waals surface area (Å²) in [5.74, 6) is -0.168. The Hall–Kier alpha value is -1.17. The van der Waals surface area contributed by atoms with Crippen LogP contribution in [0, 0.1) is 0 Å². The molecule has 0 aliphatic rings. The predicted octanol–water partition coefficient (Wildman–Crippen LogP) is 4.67. The van der Waals surface area contributed by atoms with Crippen LogP contribution in [0.2, 0.25) is 18.1 Å². The number of benzene rings is 1. The zero-order chi connectivity index (χ0) is 15.1. The number of hydrogen-bond donors (Lipinski definition) is 1. The Balaban J connectivity index is 3.27. The van der Waals surface area contributed by atoms with Crippen molar-refractivity contribution in [1.29, 1.82) is 0 Å². The number of anilines is 1. The summed E-state index contributed by atoms with van der Waals surface area (Å²) in [6.45, 7) is 9.71. The first-order valence-electron chi connectivity index (χ1n) is 6.01. The zero-order valence-electron chi connectivity index (χ0n) is 11.9. The summed E-state index contributed by atoms with van der Waals surface area (Å²) < 4.78 is 44.9. The molecule has 0 spiro atoms. The van der Waals surface area contributed by atoms with E-state index in [4.69, 9.17) is 10.2 Å². The average Bonchev–Trinajstić information content (AvgIpc) is 2.12. The van der Waals surface area contributed by atoms with Crippen molar-refractivity contribution in [1.82, 2.24) is 0 Å². The molecular formula is C13H20F3NOSi. The second-order valence-corrected chi connectivity index (χ2v) is 10.8. The van der Waals surface area contributed by atoms with Gasteiger partial charge in [-0.15, -0.1) is 0 Å². The van der Waals surface area contributed by atoms with E-state index >= 15 is 0 Å². The van der Waals surface area contributed by atoms with Gasteiger partial charge in [0, 0.05) is 5.69 Å². The highest BCUT2D eigenvalue weighted by molar-refractivity contribution is 6.74.